The number of hydrogen-bond donors (Lipinski definition) is 2. The summed E-state index contributed by atoms with van der Waals surface area (Å²) in [6.45, 7) is 2.80. The van der Waals surface area contributed by atoms with Crippen LogP contribution >= 0.6 is 11.6 Å². The van der Waals surface area contributed by atoms with E-state index in [2.05, 4.69) is 24.4 Å². The van der Waals surface area contributed by atoms with Crippen LogP contribution in [-0.2, 0) is 6.54 Å². The Morgan fingerprint density at radius 2 is 1.35 bits per heavy atom. The van der Waals surface area contributed by atoms with E-state index in [1.54, 1.807) is 0 Å². The van der Waals surface area contributed by atoms with E-state index >= 15 is 0 Å². The van der Waals surface area contributed by atoms with E-state index in [4.69, 9.17) is 11.6 Å². The van der Waals surface area contributed by atoms with E-state index < -0.39 is 6.10 Å². The number of rotatable bonds is 7. The summed E-state index contributed by atoms with van der Waals surface area (Å²) in [4.78, 5) is 0. The molecule has 2 N–H and O–H groups in total. The van der Waals surface area contributed by atoms with Crippen LogP contribution in [-0.4, -0.2) is 5.11 Å². The summed E-state index contributed by atoms with van der Waals surface area (Å²) in [5, 5.41) is 15.3. The number of aliphatic hydroxyl groups is 1. The molecular weight excluding hydrogens is 342 g/mol. The first-order valence-electron chi connectivity index (χ1n) is 8.91. The Labute approximate surface area is 160 Å². The summed E-state index contributed by atoms with van der Waals surface area (Å²) in [6, 6.07) is 28.0. The van der Waals surface area contributed by atoms with Crippen molar-refractivity contribution in [1.29, 1.82) is 0 Å². The minimum atomic E-state index is -0.542. The first-order chi connectivity index (χ1) is 12.6. The first-order valence-corrected chi connectivity index (χ1v) is 9.29. The fraction of sp³-hybridized carbons (Fsp3) is 0.217. The molecule has 0 aliphatic carbocycles. The van der Waals surface area contributed by atoms with Crippen LogP contribution in [0.1, 0.15) is 35.8 Å². The third kappa shape index (κ3) is 4.73. The molecule has 0 unspecified atom stereocenters. The molecule has 2 nitrogen and oxygen atoms in total. The van der Waals surface area contributed by atoms with Crippen molar-refractivity contribution in [2.45, 2.75) is 25.6 Å². The Kier molecular flexibility index (Phi) is 6.45. The van der Waals surface area contributed by atoms with E-state index in [-0.39, 0.29) is 12.0 Å². The average Bonchev–Trinajstić information content (AvgIpc) is 2.70. The number of hydrogen-bond acceptors (Lipinski definition) is 2. The topological polar surface area (TPSA) is 32.3 Å². The van der Waals surface area contributed by atoms with Crippen LogP contribution in [0, 0.1) is 5.92 Å². The Balaban J connectivity index is 1.80. The van der Waals surface area contributed by atoms with Crippen LogP contribution in [0.15, 0.2) is 84.9 Å². The highest BCUT2D eigenvalue weighted by Crippen LogP contribution is 2.32. The van der Waals surface area contributed by atoms with Crippen molar-refractivity contribution >= 4 is 11.6 Å². The lowest BCUT2D eigenvalue weighted by molar-refractivity contribution is 0.0931. The van der Waals surface area contributed by atoms with Crippen molar-refractivity contribution < 1.29 is 5.11 Å². The second-order valence-electron chi connectivity index (χ2n) is 6.61. The van der Waals surface area contributed by atoms with Gasteiger partial charge >= 0.3 is 0 Å². The predicted molar refractivity (Wildman–Crippen MR) is 108 cm³/mol. The smallest absolute Gasteiger partial charge is 0.0833 e. The van der Waals surface area contributed by atoms with Crippen molar-refractivity contribution in [2.75, 3.05) is 0 Å². The molecule has 0 spiro atoms. The molecule has 26 heavy (non-hydrogen) atoms. The molecule has 0 saturated heterocycles. The summed E-state index contributed by atoms with van der Waals surface area (Å²) >= 11 is 5.98. The zero-order chi connectivity index (χ0) is 18.4. The van der Waals surface area contributed by atoms with Gasteiger partial charge in [0.1, 0.15) is 0 Å². The molecule has 0 aromatic heterocycles. The van der Waals surface area contributed by atoms with Crippen molar-refractivity contribution in [3.05, 3.63) is 107 Å². The molecule has 3 atom stereocenters. The van der Waals surface area contributed by atoms with Gasteiger partial charge in [0.15, 0.2) is 0 Å². The second kappa shape index (κ2) is 9.00. The number of benzene rings is 3. The van der Waals surface area contributed by atoms with Crippen LogP contribution in [0.4, 0.5) is 0 Å². The number of aliphatic hydroxyl groups excluding tert-OH is 1. The van der Waals surface area contributed by atoms with Gasteiger partial charge in [-0.05, 0) is 28.8 Å². The van der Waals surface area contributed by atoms with Gasteiger partial charge in [-0.1, -0.05) is 91.3 Å². The molecule has 3 aromatic rings. The summed E-state index contributed by atoms with van der Waals surface area (Å²) in [5.74, 6) is 0.00657. The third-order valence-electron chi connectivity index (χ3n) is 4.76. The molecule has 0 saturated carbocycles. The zero-order valence-corrected chi connectivity index (χ0v) is 15.6. The van der Waals surface area contributed by atoms with Gasteiger partial charge in [0, 0.05) is 23.5 Å². The molecule has 0 heterocycles. The summed E-state index contributed by atoms with van der Waals surface area (Å²) in [5.41, 5.74) is 3.27. The van der Waals surface area contributed by atoms with Gasteiger partial charge in [0.05, 0.1) is 6.10 Å². The Bertz CT molecular complexity index is 789. The highest BCUT2D eigenvalue weighted by molar-refractivity contribution is 6.30. The van der Waals surface area contributed by atoms with E-state index in [1.165, 1.54) is 5.56 Å². The van der Waals surface area contributed by atoms with Gasteiger partial charge in [0.25, 0.3) is 0 Å². The normalized spacial score (nSPS) is 14.6. The maximum atomic E-state index is 10.9. The molecule has 0 amide bonds. The highest BCUT2D eigenvalue weighted by atomic mass is 35.5. The van der Waals surface area contributed by atoms with Gasteiger partial charge in [-0.25, -0.2) is 0 Å². The molecule has 3 aromatic carbocycles. The summed E-state index contributed by atoms with van der Waals surface area (Å²) < 4.78 is 0. The minimum Gasteiger partial charge on any atom is -0.388 e. The monoisotopic (exact) mass is 365 g/mol. The largest absolute Gasteiger partial charge is 0.388 e. The van der Waals surface area contributed by atoms with E-state index in [0.29, 0.717) is 6.54 Å². The molecule has 3 heteroatoms. The summed E-state index contributed by atoms with van der Waals surface area (Å²) in [7, 11) is 0. The van der Waals surface area contributed by atoms with E-state index in [0.717, 1.165) is 16.1 Å². The van der Waals surface area contributed by atoms with E-state index in [9.17, 15) is 5.11 Å². The van der Waals surface area contributed by atoms with Gasteiger partial charge in [0.2, 0.25) is 0 Å². The lowest BCUT2D eigenvalue weighted by Gasteiger charge is -2.30. The standard InChI is InChI=1S/C23H24ClNO/c1-17(23(26)20-10-6-3-7-11-20)22(19-8-4-2-5-9-19)25-16-18-12-14-21(24)15-13-18/h2-15,17,22-23,25-26H,16H2,1H3/t17-,22+,23-/m1/s1. The lowest BCUT2D eigenvalue weighted by Crippen LogP contribution is -2.30. The van der Waals surface area contributed by atoms with Gasteiger partial charge < -0.3 is 10.4 Å². The average molecular weight is 366 g/mol. The molecule has 0 bridgehead atoms. The minimum absolute atomic E-state index is 0.00657. The van der Waals surface area contributed by atoms with Crippen molar-refractivity contribution in [2.24, 2.45) is 5.92 Å². The Hall–Kier alpha value is -2.13. The van der Waals surface area contributed by atoms with Gasteiger partial charge in [-0.15, -0.1) is 0 Å². The lowest BCUT2D eigenvalue weighted by atomic mass is 9.86. The van der Waals surface area contributed by atoms with Crippen molar-refractivity contribution in [3.8, 4) is 0 Å². The maximum Gasteiger partial charge on any atom is 0.0833 e. The Morgan fingerprint density at radius 3 is 1.92 bits per heavy atom. The third-order valence-corrected chi connectivity index (χ3v) is 5.01. The zero-order valence-electron chi connectivity index (χ0n) is 14.8. The Morgan fingerprint density at radius 1 is 0.808 bits per heavy atom. The molecular formula is C23H24ClNO. The molecule has 0 aliphatic rings. The van der Waals surface area contributed by atoms with Crippen molar-refractivity contribution in [1.82, 2.24) is 5.32 Å². The van der Waals surface area contributed by atoms with E-state index in [1.807, 2.05) is 72.8 Å². The van der Waals surface area contributed by atoms with Crippen LogP contribution in [0.5, 0.6) is 0 Å². The van der Waals surface area contributed by atoms with Crippen LogP contribution in [0.25, 0.3) is 0 Å². The maximum absolute atomic E-state index is 10.9. The number of halogens is 1. The molecule has 0 radical (unpaired) electrons. The van der Waals surface area contributed by atoms with Crippen LogP contribution in [0.3, 0.4) is 0 Å². The van der Waals surface area contributed by atoms with Crippen molar-refractivity contribution in [3.63, 3.8) is 0 Å². The molecule has 134 valence electrons. The summed E-state index contributed by atoms with van der Waals surface area (Å²) in [6.07, 6.45) is -0.542. The van der Waals surface area contributed by atoms with Crippen LogP contribution < -0.4 is 5.32 Å². The van der Waals surface area contributed by atoms with Crippen LogP contribution in [0.2, 0.25) is 5.02 Å². The molecule has 0 fully saturated rings. The fourth-order valence-corrected chi connectivity index (χ4v) is 3.36. The second-order valence-corrected chi connectivity index (χ2v) is 7.05. The fourth-order valence-electron chi connectivity index (χ4n) is 3.23. The first kappa shape index (κ1) is 18.7. The molecule has 0 aliphatic heterocycles. The van der Waals surface area contributed by atoms with Gasteiger partial charge in [-0.3, -0.25) is 0 Å². The SMILES string of the molecule is C[C@H]([C@H](NCc1ccc(Cl)cc1)c1ccccc1)[C@@H](O)c1ccccc1. The quantitative estimate of drug-likeness (QED) is 0.576. The highest BCUT2D eigenvalue weighted by Gasteiger charge is 2.26. The number of nitrogens with one attached hydrogen (secondary N) is 1. The predicted octanol–water partition coefficient (Wildman–Crippen LogP) is 5.54. The molecule has 3 rings (SSSR count). The van der Waals surface area contributed by atoms with Gasteiger partial charge in [-0.2, -0.15) is 0 Å².